The molecule has 0 amide bonds. The maximum Gasteiger partial charge on any atom is 0.165 e. The van der Waals surface area contributed by atoms with Crippen molar-refractivity contribution in [1.82, 2.24) is 4.90 Å². The first-order valence-electron chi connectivity index (χ1n) is 10.8. The molecular weight excluding hydrogens is 352 g/mol. The molecule has 7 aliphatic rings. The van der Waals surface area contributed by atoms with Gasteiger partial charge in [-0.1, -0.05) is 18.2 Å². The van der Waals surface area contributed by atoms with Crippen molar-refractivity contribution in [2.75, 3.05) is 20.2 Å². The van der Waals surface area contributed by atoms with Crippen LogP contribution in [-0.2, 0) is 16.6 Å². The number of phenols is 1. The van der Waals surface area contributed by atoms with Crippen molar-refractivity contribution in [3.63, 3.8) is 0 Å². The van der Waals surface area contributed by atoms with E-state index < -0.39 is 5.60 Å². The average Bonchev–Trinajstić information content (AvgIpc) is 3.43. The summed E-state index contributed by atoms with van der Waals surface area (Å²) < 4.78 is 12.7. The topological polar surface area (TPSA) is 68.0 Å². The Bertz CT molecular complexity index is 927. The number of aromatic hydroxyl groups is 1. The van der Waals surface area contributed by atoms with E-state index in [2.05, 4.69) is 23.1 Å². The quantitative estimate of drug-likeness (QED) is 0.786. The van der Waals surface area contributed by atoms with Crippen molar-refractivity contribution in [2.45, 2.75) is 61.3 Å². The molecule has 8 rings (SSSR count). The largest absolute Gasteiger partial charge is 0.504 e. The van der Waals surface area contributed by atoms with Gasteiger partial charge in [-0.15, -0.1) is 0 Å². The number of likely N-dealkylation sites (tertiary alicyclic amines) is 1. The van der Waals surface area contributed by atoms with Crippen LogP contribution in [0.2, 0.25) is 0 Å². The van der Waals surface area contributed by atoms with Crippen LogP contribution in [-0.4, -0.2) is 54.0 Å². The molecule has 1 aromatic rings. The van der Waals surface area contributed by atoms with Gasteiger partial charge in [0.15, 0.2) is 11.5 Å². The molecule has 2 unspecified atom stereocenters. The molecule has 5 aliphatic carbocycles. The Morgan fingerprint density at radius 1 is 1.32 bits per heavy atom. The van der Waals surface area contributed by atoms with Crippen molar-refractivity contribution in [3.8, 4) is 11.5 Å². The minimum absolute atomic E-state index is 0.0312. The molecule has 3 N–H and O–H groups in total. The van der Waals surface area contributed by atoms with E-state index in [1.807, 2.05) is 6.07 Å². The lowest BCUT2D eigenvalue weighted by atomic mass is 9.38. The first kappa shape index (κ1) is 16.3. The molecule has 4 bridgehead atoms. The Balaban J connectivity index is 1.51. The van der Waals surface area contributed by atoms with E-state index in [-0.39, 0.29) is 28.7 Å². The molecule has 3 fully saturated rings. The summed E-state index contributed by atoms with van der Waals surface area (Å²) in [5, 5.41) is 10.7. The molecule has 2 aliphatic heterocycles. The van der Waals surface area contributed by atoms with Gasteiger partial charge in [-0.05, 0) is 56.2 Å². The summed E-state index contributed by atoms with van der Waals surface area (Å²) in [4.78, 5) is 2.76. The van der Waals surface area contributed by atoms with Crippen LogP contribution in [0.1, 0.15) is 36.8 Å². The van der Waals surface area contributed by atoms with Gasteiger partial charge in [0.25, 0.3) is 0 Å². The highest BCUT2D eigenvalue weighted by molar-refractivity contribution is 5.65. The van der Waals surface area contributed by atoms with Gasteiger partial charge in [-0.3, -0.25) is 4.90 Å². The molecule has 148 valence electrons. The SMILES string of the molecule is CO[C@]12C=C[C@@]3(CC1N)[C@H]1Cc4ccc(O)c5c4[C@@]3(CCN1CC1CC1)C2O5. The Hall–Kier alpha value is -1.56. The van der Waals surface area contributed by atoms with Crippen molar-refractivity contribution in [3.05, 3.63) is 35.4 Å². The van der Waals surface area contributed by atoms with Crippen LogP contribution in [0, 0.1) is 11.3 Å². The zero-order chi connectivity index (χ0) is 18.9. The summed E-state index contributed by atoms with van der Waals surface area (Å²) in [6.07, 6.45) is 10.3. The Kier molecular flexibility index (Phi) is 2.77. The number of hydrogen-bond donors (Lipinski definition) is 2. The van der Waals surface area contributed by atoms with Crippen LogP contribution in [0.15, 0.2) is 24.3 Å². The second-order valence-corrected chi connectivity index (χ2v) is 10.1. The molecule has 1 aromatic carbocycles. The number of rotatable bonds is 3. The van der Waals surface area contributed by atoms with E-state index in [9.17, 15) is 5.11 Å². The number of nitrogens with two attached hydrogens (primary N) is 1. The van der Waals surface area contributed by atoms with E-state index in [0.717, 1.165) is 31.7 Å². The average molecular weight is 380 g/mol. The van der Waals surface area contributed by atoms with Gasteiger partial charge in [0.2, 0.25) is 0 Å². The number of fused-ring (bicyclic) bond motifs is 1. The van der Waals surface area contributed by atoms with Crippen LogP contribution in [0.5, 0.6) is 11.5 Å². The lowest BCUT2D eigenvalue weighted by Gasteiger charge is -2.71. The molecule has 0 aromatic heterocycles. The molecule has 0 radical (unpaired) electrons. The smallest absolute Gasteiger partial charge is 0.165 e. The van der Waals surface area contributed by atoms with Gasteiger partial charge in [0.1, 0.15) is 11.7 Å². The number of ether oxygens (including phenoxy) is 2. The van der Waals surface area contributed by atoms with Crippen molar-refractivity contribution in [1.29, 1.82) is 0 Å². The molecule has 2 spiro atoms. The summed E-state index contributed by atoms with van der Waals surface area (Å²) in [5.41, 5.74) is 8.62. The van der Waals surface area contributed by atoms with Gasteiger partial charge in [0.05, 0.1) is 5.41 Å². The third kappa shape index (κ3) is 1.51. The summed E-state index contributed by atoms with van der Waals surface area (Å²) in [7, 11) is 1.76. The van der Waals surface area contributed by atoms with Crippen molar-refractivity contribution >= 4 is 0 Å². The standard InChI is InChI=1S/C23H28N2O3/c1-27-23-7-6-21(11-16(23)24)17-10-14-4-5-15(26)19-18(14)22(21,20(23)28-19)8-9-25(17)12-13-2-3-13/h4-7,13,16-17,20,26H,2-3,8-12,24H2,1H3/t16?,17-,20?,21-,22+,23-/m1/s1. The number of nitrogens with zero attached hydrogens (tertiary/aromatic N) is 1. The van der Waals surface area contributed by atoms with Gasteiger partial charge in [-0.25, -0.2) is 0 Å². The van der Waals surface area contributed by atoms with E-state index in [0.29, 0.717) is 11.8 Å². The van der Waals surface area contributed by atoms with Gasteiger partial charge < -0.3 is 20.3 Å². The summed E-state index contributed by atoms with van der Waals surface area (Å²) in [5.74, 6) is 1.83. The molecular formula is C23H28N2O3. The highest BCUT2D eigenvalue weighted by Crippen LogP contribution is 2.73. The third-order valence-corrected chi connectivity index (χ3v) is 9.16. The molecule has 2 saturated carbocycles. The fraction of sp³-hybridized carbons (Fsp3) is 0.652. The second kappa shape index (κ2) is 4.77. The number of phenolic OH excluding ortho intramolecular Hbond substituents is 1. The maximum absolute atomic E-state index is 10.7. The van der Waals surface area contributed by atoms with E-state index >= 15 is 0 Å². The van der Waals surface area contributed by atoms with Gasteiger partial charge in [0, 0.05) is 36.7 Å². The lowest BCUT2D eigenvalue weighted by molar-refractivity contribution is -0.197. The minimum Gasteiger partial charge on any atom is -0.504 e. The van der Waals surface area contributed by atoms with Crippen LogP contribution >= 0.6 is 0 Å². The molecule has 2 heterocycles. The van der Waals surface area contributed by atoms with Crippen LogP contribution in [0.3, 0.4) is 0 Å². The zero-order valence-electron chi connectivity index (χ0n) is 16.4. The van der Waals surface area contributed by atoms with Crippen LogP contribution < -0.4 is 10.5 Å². The number of hydrogen-bond acceptors (Lipinski definition) is 5. The van der Waals surface area contributed by atoms with Crippen molar-refractivity contribution in [2.24, 2.45) is 17.1 Å². The Morgan fingerprint density at radius 3 is 2.93 bits per heavy atom. The summed E-state index contributed by atoms with van der Waals surface area (Å²) >= 11 is 0. The van der Waals surface area contributed by atoms with E-state index in [4.69, 9.17) is 15.2 Å². The number of piperidine rings is 1. The highest BCUT2D eigenvalue weighted by atomic mass is 16.6. The molecule has 1 saturated heterocycles. The highest BCUT2D eigenvalue weighted by Gasteiger charge is 2.78. The normalized spacial score (nSPS) is 47.1. The monoisotopic (exact) mass is 380 g/mol. The van der Waals surface area contributed by atoms with E-state index in [1.165, 1.54) is 30.5 Å². The zero-order valence-corrected chi connectivity index (χ0v) is 16.4. The lowest BCUT2D eigenvalue weighted by Crippen LogP contribution is -2.81. The minimum atomic E-state index is -0.620. The van der Waals surface area contributed by atoms with Crippen molar-refractivity contribution < 1.29 is 14.6 Å². The summed E-state index contributed by atoms with van der Waals surface area (Å²) in [6.45, 7) is 2.31. The first-order valence-corrected chi connectivity index (χ1v) is 10.8. The fourth-order valence-electron chi connectivity index (χ4n) is 7.83. The number of benzene rings is 1. The predicted octanol–water partition coefficient (Wildman–Crippen LogP) is 2.10. The Labute approximate surface area is 165 Å². The second-order valence-electron chi connectivity index (χ2n) is 10.1. The molecule has 28 heavy (non-hydrogen) atoms. The van der Waals surface area contributed by atoms with Gasteiger partial charge >= 0.3 is 0 Å². The first-order chi connectivity index (χ1) is 13.6. The number of methoxy groups -OCH3 is 1. The Morgan fingerprint density at radius 2 is 2.18 bits per heavy atom. The maximum atomic E-state index is 10.7. The fourth-order valence-corrected chi connectivity index (χ4v) is 7.83. The molecule has 6 atom stereocenters. The molecule has 5 heteroatoms. The molecule has 5 nitrogen and oxygen atoms in total. The van der Waals surface area contributed by atoms with Crippen LogP contribution in [0.4, 0.5) is 0 Å². The van der Waals surface area contributed by atoms with Gasteiger partial charge in [-0.2, -0.15) is 0 Å². The van der Waals surface area contributed by atoms with E-state index in [1.54, 1.807) is 7.11 Å². The summed E-state index contributed by atoms with van der Waals surface area (Å²) in [6, 6.07) is 4.30. The predicted molar refractivity (Wildman–Crippen MR) is 105 cm³/mol. The third-order valence-electron chi connectivity index (χ3n) is 9.16. The van der Waals surface area contributed by atoms with Crippen LogP contribution in [0.25, 0.3) is 0 Å².